The number of aryl methyl sites for hydroxylation is 1. The van der Waals surface area contributed by atoms with Gasteiger partial charge in [0, 0.05) is 19.1 Å². The van der Waals surface area contributed by atoms with E-state index in [-0.39, 0.29) is 18.3 Å². The van der Waals surface area contributed by atoms with Gasteiger partial charge in [-0.05, 0) is 38.9 Å². The Balaban J connectivity index is 0.00000192. The molecule has 0 bridgehead atoms. The second kappa shape index (κ2) is 7.94. The van der Waals surface area contributed by atoms with Gasteiger partial charge < -0.3 is 10.2 Å². The number of rotatable bonds is 4. The highest BCUT2D eigenvalue weighted by molar-refractivity contribution is 7.24. The second-order valence-electron chi connectivity index (χ2n) is 5.39. The number of nitrogens with one attached hydrogen (secondary N) is 1. The standard InChI is InChI=1S/C15H18ClN3OS2.ClH/c1-9-13(15(20)19-7-3-4-10(19)8-17-2)22-14(18-9)11-5-6-12(16)21-11;/h5-6,10,17H,3-4,7-8H2,1-2H3;1H. The number of aromatic nitrogens is 1. The predicted molar refractivity (Wildman–Crippen MR) is 100 cm³/mol. The number of nitrogens with zero attached hydrogens (tertiary/aromatic N) is 2. The molecule has 0 aliphatic carbocycles. The molecular weight excluding hydrogens is 373 g/mol. The van der Waals surface area contributed by atoms with Crippen molar-refractivity contribution >= 4 is 52.6 Å². The van der Waals surface area contributed by atoms with Crippen LogP contribution >= 0.6 is 46.7 Å². The summed E-state index contributed by atoms with van der Waals surface area (Å²) in [7, 11) is 1.93. The highest BCUT2D eigenvalue weighted by Crippen LogP contribution is 2.35. The van der Waals surface area contributed by atoms with Crippen molar-refractivity contribution in [2.24, 2.45) is 0 Å². The van der Waals surface area contributed by atoms with Crippen LogP contribution < -0.4 is 5.32 Å². The smallest absolute Gasteiger partial charge is 0.266 e. The Kier molecular flexibility index (Phi) is 6.45. The van der Waals surface area contributed by atoms with E-state index in [2.05, 4.69) is 10.3 Å². The Morgan fingerprint density at radius 3 is 2.91 bits per heavy atom. The van der Waals surface area contributed by atoms with Gasteiger partial charge in [-0.1, -0.05) is 11.6 Å². The van der Waals surface area contributed by atoms with E-state index in [1.807, 2.05) is 31.0 Å². The fraction of sp³-hybridized carbons (Fsp3) is 0.467. The van der Waals surface area contributed by atoms with E-state index in [1.165, 1.54) is 22.7 Å². The van der Waals surface area contributed by atoms with E-state index in [9.17, 15) is 4.79 Å². The molecule has 0 saturated carbocycles. The molecule has 1 atom stereocenters. The molecule has 1 amide bonds. The van der Waals surface area contributed by atoms with Crippen molar-refractivity contribution in [3.8, 4) is 9.88 Å². The number of carbonyl (C=O) groups is 1. The van der Waals surface area contributed by atoms with Crippen LogP contribution in [0, 0.1) is 6.92 Å². The van der Waals surface area contributed by atoms with Crippen LogP contribution in [-0.4, -0.2) is 42.0 Å². The van der Waals surface area contributed by atoms with Gasteiger partial charge in [-0.3, -0.25) is 4.79 Å². The fourth-order valence-corrected chi connectivity index (χ4v) is 4.93. The van der Waals surface area contributed by atoms with Crippen LogP contribution in [0.2, 0.25) is 4.34 Å². The molecule has 1 N–H and O–H groups in total. The van der Waals surface area contributed by atoms with Gasteiger partial charge in [0.15, 0.2) is 0 Å². The Labute approximate surface area is 155 Å². The van der Waals surface area contributed by atoms with Crippen LogP contribution in [0.3, 0.4) is 0 Å². The molecule has 4 nitrogen and oxygen atoms in total. The zero-order valence-electron chi connectivity index (χ0n) is 13.0. The van der Waals surface area contributed by atoms with E-state index >= 15 is 0 Å². The summed E-state index contributed by atoms with van der Waals surface area (Å²) >= 11 is 8.95. The average molecular weight is 392 g/mol. The maximum Gasteiger partial charge on any atom is 0.266 e. The van der Waals surface area contributed by atoms with Gasteiger partial charge in [0.25, 0.3) is 5.91 Å². The summed E-state index contributed by atoms with van der Waals surface area (Å²) in [5.41, 5.74) is 0.810. The van der Waals surface area contributed by atoms with Gasteiger partial charge in [-0.25, -0.2) is 4.98 Å². The Bertz CT molecular complexity index is 686. The lowest BCUT2D eigenvalue weighted by molar-refractivity contribution is 0.0741. The molecule has 8 heteroatoms. The third kappa shape index (κ3) is 3.88. The normalized spacial score (nSPS) is 17.3. The first kappa shape index (κ1) is 18.7. The Morgan fingerprint density at radius 1 is 1.48 bits per heavy atom. The number of amides is 1. The number of hydrogen-bond acceptors (Lipinski definition) is 5. The third-order valence-electron chi connectivity index (χ3n) is 3.85. The minimum atomic E-state index is 0. The first-order valence-corrected chi connectivity index (χ1v) is 9.30. The van der Waals surface area contributed by atoms with Gasteiger partial charge in [0.05, 0.1) is 14.9 Å². The summed E-state index contributed by atoms with van der Waals surface area (Å²) in [4.78, 5) is 21.2. The molecule has 0 spiro atoms. The lowest BCUT2D eigenvalue weighted by Gasteiger charge is -2.24. The zero-order chi connectivity index (χ0) is 15.7. The van der Waals surface area contributed by atoms with Crippen LogP contribution in [0.5, 0.6) is 0 Å². The van der Waals surface area contributed by atoms with E-state index in [1.54, 1.807) is 0 Å². The summed E-state index contributed by atoms with van der Waals surface area (Å²) in [5.74, 6) is 0.113. The molecule has 0 aromatic carbocycles. The van der Waals surface area contributed by atoms with Crippen LogP contribution in [-0.2, 0) is 0 Å². The van der Waals surface area contributed by atoms with Gasteiger partial charge in [-0.2, -0.15) is 0 Å². The van der Waals surface area contributed by atoms with E-state index in [4.69, 9.17) is 11.6 Å². The molecule has 1 unspecified atom stereocenters. The second-order valence-corrected chi connectivity index (χ2v) is 8.10. The number of carbonyl (C=O) groups excluding carboxylic acids is 1. The molecule has 2 aromatic rings. The largest absolute Gasteiger partial charge is 0.334 e. The van der Waals surface area contributed by atoms with Crippen molar-refractivity contribution in [3.63, 3.8) is 0 Å². The number of thiophene rings is 1. The molecule has 0 radical (unpaired) electrons. The monoisotopic (exact) mass is 391 g/mol. The van der Waals surface area contributed by atoms with Crippen LogP contribution in [0.4, 0.5) is 0 Å². The summed E-state index contributed by atoms with van der Waals surface area (Å²) in [6.07, 6.45) is 2.14. The molecule has 1 saturated heterocycles. The van der Waals surface area contributed by atoms with Gasteiger partial charge in [-0.15, -0.1) is 35.1 Å². The average Bonchev–Trinajstić information content (AvgIpc) is 3.18. The van der Waals surface area contributed by atoms with Crippen LogP contribution in [0.1, 0.15) is 28.2 Å². The maximum atomic E-state index is 12.8. The summed E-state index contributed by atoms with van der Waals surface area (Å²) in [5, 5.41) is 4.05. The molecular formula is C15H19Cl2N3OS2. The topological polar surface area (TPSA) is 45.2 Å². The quantitative estimate of drug-likeness (QED) is 0.853. The molecule has 23 heavy (non-hydrogen) atoms. The number of thiazole rings is 1. The van der Waals surface area contributed by atoms with Crippen molar-refractivity contribution in [3.05, 3.63) is 27.0 Å². The first-order valence-electron chi connectivity index (χ1n) is 7.29. The minimum absolute atomic E-state index is 0. The van der Waals surface area contributed by atoms with E-state index in [0.29, 0.717) is 6.04 Å². The van der Waals surface area contributed by atoms with Crippen LogP contribution in [0.15, 0.2) is 12.1 Å². The molecule has 3 heterocycles. The van der Waals surface area contributed by atoms with Crippen molar-refractivity contribution in [1.29, 1.82) is 0 Å². The highest BCUT2D eigenvalue weighted by Gasteiger charge is 2.31. The van der Waals surface area contributed by atoms with Crippen molar-refractivity contribution in [1.82, 2.24) is 15.2 Å². The molecule has 126 valence electrons. The first-order chi connectivity index (χ1) is 10.6. The third-order valence-corrected chi connectivity index (χ3v) is 6.40. The van der Waals surface area contributed by atoms with Gasteiger partial charge in [0.2, 0.25) is 0 Å². The number of likely N-dealkylation sites (N-methyl/N-ethyl adjacent to an activating group) is 1. The van der Waals surface area contributed by atoms with Crippen molar-refractivity contribution < 1.29 is 4.79 Å². The van der Waals surface area contributed by atoms with Gasteiger partial charge >= 0.3 is 0 Å². The zero-order valence-corrected chi connectivity index (χ0v) is 16.2. The number of hydrogen-bond donors (Lipinski definition) is 1. The molecule has 1 aliphatic rings. The fourth-order valence-electron chi connectivity index (χ4n) is 2.81. The summed E-state index contributed by atoms with van der Waals surface area (Å²) in [6, 6.07) is 4.11. The lowest BCUT2D eigenvalue weighted by atomic mass is 10.2. The Hall–Kier alpha value is -0.660. The Morgan fingerprint density at radius 2 is 2.26 bits per heavy atom. The summed E-state index contributed by atoms with van der Waals surface area (Å²) < 4.78 is 0.740. The van der Waals surface area contributed by atoms with Gasteiger partial charge in [0.1, 0.15) is 9.88 Å². The molecule has 1 fully saturated rings. The number of halogens is 2. The number of likely N-dealkylation sites (tertiary alicyclic amines) is 1. The van der Waals surface area contributed by atoms with Crippen LogP contribution in [0.25, 0.3) is 9.88 Å². The van der Waals surface area contributed by atoms with E-state index in [0.717, 1.165) is 50.7 Å². The van der Waals surface area contributed by atoms with Crippen molar-refractivity contribution in [2.75, 3.05) is 20.1 Å². The summed E-state index contributed by atoms with van der Waals surface area (Å²) in [6.45, 7) is 3.59. The molecule has 1 aliphatic heterocycles. The van der Waals surface area contributed by atoms with Crippen molar-refractivity contribution in [2.45, 2.75) is 25.8 Å². The molecule has 3 rings (SSSR count). The SMILES string of the molecule is CNCC1CCCN1C(=O)c1sc(-c2ccc(Cl)s2)nc1C.Cl. The highest BCUT2D eigenvalue weighted by atomic mass is 35.5. The van der Waals surface area contributed by atoms with E-state index < -0.39 is 0 Å². The lowest BCUT2D eigenvalue weighted by Crippen LogP contribution is -2.40. The predicted octanol–water partition coefficient (Wildman–Crippen LogP) is 4.08. The minimum Gasteiger partial charge on any atom is -0.334 e. The molecule has 2 aromatic heterocycles. The maximum absolute atomic E-state index is 12.8.